The summed E-state index contributed by atoms with van der Waals surface area (Å²) < 4.78 is 0.765. The molecule has 0 aliphatic rings. The average molecular weight is 375 g/mol. The van der Waals surface area contributed by atoms with Crippen molar-refractivity contribution in [2.75, 3.05) is 5.32 Å². The van der Waals surface area contributed by atoms with E-state index >= 15 is 0 Å². The van der Waals surface area contributed by atoms with Gasteiger partial charge in [0.05, 0.1) is 6.04 Å². The first-order chi connectivity index (χ1) is 9.49. The second-order valence-corrected chi connectivity index (χ2v) is 6.03. The van der Waals surface area contributed by atoms with E-state index in [-0.39, 0.29) is 6.04 Å². The van der Waals surface area contributed by atoms with Crippen molar-refractivity contribution in [1.82, 2.24) is 9.97 Å². The molecule has 6 heteroatoms. The Hall–Kier alpha value is -0.840. The predicted octanol–water partition coefficient (Wildman–Crippen LogP) is 5.28. The van der Waals surface area contributed by atoms with Gasteiger partial charge in [0.25, 0.3) is 0 Å². The number of nitrogens with zero attached hydrogens (tertiary/aromatic N) is 2. The zero-order chi connectivity index (χ0) is 14.7. The molecule has 0 fully saturated rings. The molecule has 0 spiro atoms. The second-order valence-electron chi connectivity index (χ2n) is 4.38. The number of hydrogen-bond acceptors (Lipinski definition) is 3. The van der Waals surface area contributed by atoms with Gasteiger partial charge >= 0.3 is 0 Å². The van der Waals surface area contributed by atoms with Crippen LogP contribution in [0.1, 0.15) is 31.3 Å². The zero-order valence-corrected chi connectivity index (χ0v) is 14.2. The van der Waals surface area contributed by atoms with Gasteiger partial charge in [-0.1, -0.05) is 36.2 Å². The Morgan fingerprint density at radius 1 is 1.25 bits per heavy atom. The van der Waals surface area contributed by atoms with Crippen molar-refractivity contribution in [3.05, 3.63) is 50.3 Å². The van der Waals surface area contributed by atoms with E-state index in [1.165, 1.54) is 0 Å². The fourth-order valence-electron chi connectivity index (χ4n) is 1.85. The maximum atomic E-state index is 6.21. The van der Waals surface area contributed by atoms with Crippen LogP contribution in [-0.2, 0) is 6.42 Å². The Kier molecular flexibility index (Phi) is 5.24. The van der Waals surface area contributed by atoms with Crippen LogP contribution in [-0.4, -0.2) is 9.97 Å². The molecule has 1 aromatic heterocycles. The zero-order valence-electron chi connectivity index (χ0n) is 11.1. The Morgan fingerprint density at radius 3 is 2.65 bits per heavy atom. The van der Waals surface area contributed by atoms with Crippen molar-refractivity contribution in [1.29, 1.82) is 0 Å². The number of halogens is 3. The molecule has 1 unspecified atom stereocenters. The van der Waals surface area contributed by atoms with Gasteiger partial charge in [-0.15, -0.1) is 0 Å². The van der Waals surface area contributed by atoms with Crippen molar-refractivity contribution < 1.29 is 0 Å². The molecule has 1 aromatic carbocycles. The highest BCUT2D eigenvalue weighted by atomic mass is 79.9. The minimum Gasteiger partial charge on any atom is -0.363 e. The Morgan fingerprint density at radius 2 is 2.00 bits per heavy atom. The van der Waals surface area contributed by atoms with Gasteiger partial charge < -0.3 is 5.32 Å². The van der Waals surface area contributed by atoms with Crippen molar-refractivity contribution >= 4 is 44.9 Å². The Labute approximate surface area is 136 Å². The lowest BCUT2D eigenvalue weighted by atomic mass is 10.1. The van der Waals surface area contributed by atoms with E-state index in [4.69, 9.17) is 23.2 Å². The maximum Gasteiger partial charge on any atom is 0.131 e. The van der Waals surface area contributed by atoms with E-state index in [1.54, 1.807) is 6.07 Å². The van der Waals surface area contributed by atoms with E-state index in [9.17, 15) is 0 Å². The average Bonchev–Trinajstić information content (AvgIpc) is 2.37. The number of aryl methyl sites for hydroxylation is 1. The van der Waals surface area contributed by atoms with Crippen LogP contribution in [0.15, 0.2) is 28.9 Å². The van der Waals surface area contributed by atoms with Crippen LogP contribution < -0.4 is 5.32 Å². The molecule has 106 valence electrons. The molecule has 3 nitrogen and oxygen atoms in total. The molecule has 0 saturated carbocycles. The molecule has 0 aliphatic heterocycles. The summed E-state index contributed by atoms with van der Waals surface area (Å²) >= 11 is 15.5. The van der Waals surface area contributed by atoms with Crippen LogP contribution in [0.5, 0.6) is 0 Å². The highest BCUT2D eigenvalue weighted by Crippen LogP contribution is 2.28. The van der Waals surface area contributed by atoms with Crippen LogP contribution in [0.2, 0.25) is 10.0 Å². The lowest BCUT2D eigenvalue weighted by Gasteiger charge is -2.17. The summed E-state index contributed by atoms with van der Waals surface area (Å²) in [5.41, 5.74) is 0.976. The molecule has 2 rings (SSSR count). The number of rotatable bonds is 4. The predicted molar refractivity (Wildman–Crippen MR) is 87.6 cm³/mol. The lowest BCUT2D eigenvalue weighted by Crippen LogP contribution is -2.10. The van der Waals surface area contributed by atoms with Gasteiger partial charge in [-0.3, -0.25) is 0 Å². The smallest absolute Gasteiger partial charge is 0.131 e. The van der Waals surface area contributed by atoms with Crippen molar-refractivity contribution in [3.63, 3.8) is 0 Å². The number of aromatic nitrogens is 2. The molecule has 1 N–H and O–H groups in total. The number of hydrogen-bond donors (Lipinski definition) is 1. The molecule has 0 bridgehead atoms. The minimum atomic E-state index is 0.0197. The molecule has 0 aliphatic carbocycles. The van der Waals surface area contributed by atoms with Crippen molar-refractivity contribution in [2.24, 2.45) is 0 Å². The fraction of sp³-hybridized carbons (Fsp3) is 0.286. The van der Waals surface area contributed by atoms with E-state index in [0.717, 1.165) is 28.2 Å². The first-order valence-corrected chi connectivity index (χ1v) is 7.79. The molecular weight excluding hydrogens is 361 g/mol. The largest absolute Gasteiger partial charge is 0.363 e. The van der Waals surface area contributed by atoms with Gasteiger partial charge in [-0.05, 0) is 40.5 Å². The summed E-state index contributed by atoms with van der Waals surface area (Å²) in [6.07, 6.45) is 0.782. The topological polar surface area (TPSA) is 37.8 Å². The summed E-state index contributed by atoms with van der Waals surface area (Å²) in [6.45, 7) is 4.04. The van der Waals surface area contributed by atoms with Gasteiger partial charge in [0.1, 0.15) is 16.2 Å². The van der Waals surface area contributed by atoms with Crippen LogP contribution in [0.25, 0.3) is 0 Å². The lowest BCUT2D eigenvalue weighted by molar-refractivity contribution is 0.854. The van der Waals surface area contributed by atoms with Crippen LogP contribution in [0.4, 0.5) is 5.82 Å². The van der Waals surface area contributed by atoms with Gasteiger partial charge in [0.2, 0.25) is 0 Å². The van der Waals surface area contributed by atoms with Gasteiger partial charge in [-0.25, -0.2) is 9.97 Å². The molecule has 0 radical (unpaired) electrons. The van der Waals surface area contributed by atoms with E-state index in [2.05, 4.69) is 31.2 Å². The summed E-state index contributed by atoms with van der Waals surface area (Å²) in [5.74, 6) is 1.55. The first-order valence-electron chi connectivity index (χ1n) is 6.24. The standard InChI is InChI=1S/C14H14BrCl2N3/c1-3-13-19-12(15)7-14(20-13)18-8(2)10-5-4-9(16)6-11(10)17/h4-8H,3H2,1-2H3,(H,18,19,20). The second kappa shape index (κ2) is 6.74. The van der Waals surface area contributed by atoms with E-state index < -0.39 is 0 Å². The monoisotopic (exact) mass is 373 g/mol. The van der Waals surface area contributed by atoms with Crippen LogP contribution >= 0.6 is 39.1 Å². The van der Waals surface area contributed by atoms with Crippen molar-refractivity contribution in [3.8, 4) is 0 Å². The highest BCUT2D eigenvalue weighted by Gasteiger charge is 2.11. The number of benzene rings is 1. The molecule has 2 aromatic rings. The summed E-state index contributed by atoms with van der Waals surface area (Å²) in [6, 6.07) is 7.35. The minimum absolute atomic E-state index is 0.0197. The summed E-state index contributed by atoms with van der Waals surface area (Å²) in [7, 11) is 0. The van der Waals surface area contributed by atoms with Crippen molar-refractivity contribution in [2.45, 2.75) is 26.3 Å². The highest BCUT2D eigenvalue weighted by molar-refractivity contribution is 9.10. The summed E-state index contributed by atoms with van der Waals surface area (Å²) in [5, 5.41) is 4.59. The third kappa shape index (κ3) is 3.84. The molecule has 20 heavy (non-hydrogen) atoms. The number of anilines is 1. The van der Waals surface area contributed by atoms with Crippen LogP contribution in [0, 0.1) is 0 Å². The normalized spacial score (nSPS) is 12.2. The molecule has 0 amide bonds. The third-order valence-corrected chi connectivity index (χ3v) is 3.82. The van der Waals surface area contributed by atoms with Crippen LogP contribution in [0.3, 0.4) is 0 Å². The fourth-order valence-corrected chi connectivity index (χ4v) is 2.84. The molecule has 1 atom stereocenters. The van der Waals surface area contributed by atoms with Gasteiger partial charge in [0.15, 0.2) is 0 Å². The van der Waals surface area contributed by atoms with Gasteiger partial charge in [-0.2, -0.15) is 0 Å². The molecule has 0 saturated heterocycles. The van der Waals surface area contributed by atoms with E-state index in [0.29, 0.717) is 10.0 Å². The Balaban J connectivity index is 2.22. The first kappa shape index (κ1) is 15.5. The summed E-state index contributed by atoms with van der Waals surface area (Å²) in [4.78, 5) is 8.73. The third-order valence-electron chi connectivity index (χ3n) is 2.85. The quantitative estimate of drug-likeness (QED) is 0.739. The van der Waals surface area contributed by atoms with Gasteiger partial charge in [0, 0.05) is 22.5 Å². The SMILES string of the molecule is CCc1nc(Br)cc(NC(C)c2ccc(Cl)cc2Cl)n1. The molecule has 1 heterocycles. The number of nitrogens with one attached hydrogen (secondary N) is 1. The Bertz CT molecular complexity index is 619. The molecular formula is C14H14BrCl2N3. The maximum absolute atomic E-state index is 6.21. The van der Waals surface area contributed by atoms with E-state index in [1.807, 2.05) is 32.0 Å².